The largest absolute Gasteiger partial charge is 0.497 e. The van der Waals surface area contributed by atoms with Gasteiger partial charge in [0.15, 0.2) is 0 Å². The molecule has 2 rings (SSSR count). The Balaban J connectivity index is 1.84. The highest BCUT2D eigenvalue weighted by Gasteiger charge is 2.22. The summed E-state index contributed by atoms with van der Waals surface area (Å²) in [6, 6.07) is 7.60. The monoisotopic (exact) mass is 278 g/mol. The van der Waals surface area contributed by atoms with Gasteiger partial charge in [-0.05, 0) is 24.6 Å². The van der Waals surface area contributed by atoms with Gasteiger partial charge in [-0.25, -0.2) is 0 Å². The molecule has 110 valence electrons. The molecule has 5 heteroatoms. The van der Waals surface area contributed by atoms with Crippen molar-refractivity contribution < 1.29 is 14.3 Å². The van der Waals surface area contributed by atoms with Crippen LogP contribution in [0.2, 0.25) is 0 Å². The standard InChI is InChI=1S/C15H22N2O3/c1-12(17-6-8-20-9-7-17)15(18)16-11-13-4-3-5-14(10-13)19-2/h3-5,10,12H,6-9,11H2,1-2H3,(H,16,18). The van der Waals surface area contributed by atoms with Gasteiger partial charge in [0.2, 0.25) is 5.91 Å². The molecule has 0 spiro atoms. The first-order valence-corrected chi connectivity index (χ1v) is 6.93. The lowest BCUT2D eigenvalue weighted by atomic mass is 10.2. The minimum atomic E-state index is -0.121. The van der Waals surface area contributed by atoms with Crippen LogP contribution in [-0.4, -0.2) is 50.3 Å². The molecule has 1 atom stereocenters. The molecule has 1 fully saturated rings. The van der Waals surface area contributed by atoms with E-state index in [-0.39, 0.29) is 11.9 Å². The predicted octanol–water partition coefficient (Wildman–Crippen LogP) is 1.03. The summed E-state index contributed by atoms with van der Waals surface area (Å²) in [5.74, 6) is 0.854. The Kier molecular flexibility index (Phi) is 5.38. The SMILES string of the molecule is COc1cccc(CNC(=O)C(C)N2CCOCC2)c1. The predicted molar refractivity (Wildman–Crippen MR) is 76.7 cm³/mol. The first kappa shape index (κ1) is 14.8. The van der Waals surface area contributed by atoms with Crippen LogP contribution >= 0.6 is 0 Å². The topological polar surface area (TPSA) is 50.8 Å². The van der Waals surface area contributed by atoms with Gasteiger partial charge in [0.05, 0.1) is 26.4 Å². The van der Waals surface area contributed by atoms with Gasteiger partial charge < -0.3 is 14.8 Å². The van der Waals surface area contributed by atoms with Crippen molar-refractivity contribution in [3.8, 4) is 5.75 Å². The van der Waals surface area contributed by atoms with E-state index in [1.807, 2.05) is 31.2 Å². The normalized spacial score (nSPS) is 17.5. The first-order valence-electron chi connectivity index (χ1n) is 6.93. The van der Waals surface area contributed by atoms with E-state index in [1.54, 1.807) is 7.11 Å². The van der Waals surface area contributed by atoms with Gasteiger partial charge in [0, 0.05) is 19.6 Å². The average molecular weight is 278 g/mol. The molecule has 20 heavy (non-hydrogen) atoms. The molecule has 1 saturated heterocycles. The van der Waals surface area contributed by atoms with Crippen molar-refractivity contribution in [2.24, 2.45) is 0 Å². The molecule has 1 aromatic rings. The quantitative estimate of drug-likeness (QED) is 0.874. The molecule has 5 nitrogen and oxygen atoms in total. The summed E-state index contributed by atoms with van der Waals surface area (Å²) in [4.78, 5) is 14.3. The van der Waals surface area contributed by atoms with Crippen LogP contribution in [0.4, 0.5) is 0 Å². The molecule has 0 radical (unpaired) electrons. The van der Waals surface area contributed by atoms with E-state index >= 15 is 0 Å². The van der Waals surface area contributed by atoms with Crippen LogP contribution in [0.25, 0.3) is 0 Å². The first-order chi connectivity index (χ1) is 9.70. The Bertz CT molecular complexity index is 444. The van der Waals surface area contributed by atoms with Crippen LogP contribution in [0, 0.1) is 0 Å². The highest BCUT2D eigenvalue weighted by Crippen LogP contribution is 2.12. The smallest absolute Gasteiger partial charge is 0.237 e. The molecule has 1 amide bonds. The van der Waals surface area contributed by atoms with Gasteiger partial charge >= 0.3 is 0 Å². The maximum absolute atomic E-state index is 12.1. The fourth-order valence-corrected chi connectivity index (χ4v) is 2.25. The van der Waals surface area contributed by atoms with Crippen molar-refractivity contribution in [3.63, 3.8) is 0 Å². The molecule has 0 aromatic heterocycles. The van der Waals surface area contributed by atoms with Crippen LogP contribution in [0.5, 0.6) is 5.75 Å². The Morgan fingerprint density at radius 3 is 2.90 bits per heavy atom. The summed E-state index contributed by atoms with van der Waals surface area (Å²) in [5, 5.41) is 2.97. The summed E-state index contributed by atoms with van der Waals surface area (Å²) in [6.07, 6.45) is 0. The van der Waals surface area contributed by atoms with Gasteiger partial charge in [-0.3, -0.25) is 9.69 Å². The highest BCUT2D eigenvalue weighted by atomic mass is 16.5. The number of carbonyl (C=O) groups excluding carboxylic acids is 1. The lowest BCUT2D eigenvalue weighted by Gasteiger charge is -2.31. The second-order valence-electron chi connectivity index (χ2n) is 4.89. The van der Waals surface area contributed by atoms with Gasteiger partial charge in [-0.1, -0.05) is 12.1 Å². The third kappa shape index (κ3) is 3.95. The average Bonchev–Trinajstić information content (AvgIpc) is 2.53. The van der Waals surface area contributed by atoms with E-state index in [2.05, 4.69) is 10.2 Å². The maximum Gasteiger partial charge on any atom is 0.237 e. The number of amides is 1. The summed E-state index contributed by atoms with van der Waals surface area (Å²) < 4.78 is 10.5. The molecule has 1 heterocycles. The fourth-order valence-electron chi connectivity index (χ4n) is 2.25. The number of nitrogens with zero attached hydrogens (tertiary/aromatic N) is 1. The number of morpholine rings is 1. The number of carbonyl (C=O) groups is 1. The van der Waals surface area contributed by atoms with Gasteiger partial charge in [0.25, 0.3) is 0 Å². The van der Waals surface area contributed by atoms with Gasteiger partial charge in [0.1, 0.15) is 5.75 Å². The zero-order valence-electron chi connectivity index (χ0n) is 12.1. The zero-order chi connectivity index (χ0) is 14.4. The van der Waals surface area contributed by atoms with E-state index in [9.17, 15) is 4.79 Å². The number of benzene rings is 1. The molecule has 0 bridgehead atoms. The van der Waals surface area contributed by atoms with Crippen LogP contribution in [0.3, 0.4) is 0 Å². The van der Waals surface area contributed by atoms with Crippen LogP contribution in [0.1, 0.15) is 12.5 Å². The molecule has 0 saturated carbocycles. The highest BCUT2D eigenvalue weighted by molar-refractivity contribution is 5.81. The Hall–Kier alpha value is -1.59. The van der Waals surface area contributed by atoms with Crippen molar-refractivity contribution in [1.82, 2.24) is 10.2 Å². The molecular weight excluding hydrogens is 256 g/mol. The van der Waals surface area contributed by atoms with E-state index in [4.69, 9.17) is 9.47 Å². The molecule has 1 unspecified atom stereocenters. The van der Waals surface area contributed by atoms with Crippen LogP contribution in [0.15, 0.2) is 24.3 Å². The van der Waals surface area contributed by atoms with Crippen molar-refractivity contribution in [2.75, 3.05) is 33.4 Å². The Morgan fingerprint density at radius 1 is 1.45 bits per heavy atom. The summed E-state index contributed by atoms with van der Waals surface area (Å²) in [6.45, 7) is 5.49. The Morgan fingerprint density at radius 2 is 2.20 bits per heavy atom. The van der Waals surface area contributed by atoms with Gasteiger partial charge in [-0.15, -0.1) is 0 Å². The summed E-state index contributed by atoms with van der Waals surface area (Å²) in [5.41, 5.74) is 1.03. The van der Waals surface area contributed by atoms with Crippen molar-refractivity contribution in [2.45, 2.75) is 19.5 Å². The summed E-state index contributed by atoms with van der Waals surface area (Å²) >= 11 is 0. The second-order valence-corrected chi connectivity index (χ2v) is 4.89. The van der Waals surface area contributed by atoms with Crippen molar-refractivity contribution in [1.29, 1.82) is 0 Å². The van der Waals surface area contributed by atoms with E-state index in [0.29, 0.717) is 19.8 Å². The van der Waals surface area contributed by atoms with Crippen LogP contribution < -0.4 is 10.1 Å². The molecule has 1 aliphatic rings. The number of hydrogen-bond donors (Lipinski definition) is 1. The fraction of sp³-hybridized carbons (Fsp3) is 0.533. The lowest BCUT2D eigenvalue weighted by molar-refractivity contribution is -0.127. The molecule has 0 aliphatic carbocycles. The number of hydrogen-bond acceptors (Lipinski definition) is 4. The molecule has 1 aliphatic heterocycles. The van der Waals surface area contributed by atoms with Crippen LogP contribution in [-0.2, 0) is 16.1 Å². The van der Waals surface area contributed by atoms with Crippen molar-refractivity contribution in [3.05, 3.63) is 29.8 Å². The Labute approximate surface area is 119 Å². The second kappa shape index (κ2) is 7.26. The van der Waals surface area contributed by atoms with E-state index in [1.165, 1.54) is 0 Å². The zero-order valence-corrected chi connectivity index (χ0v) is 12.1. The molecular formula is C15H22N2O3. The lowest BCUT2D eigenvalue weighted by Crippen LogP contribution is -2.49. The number of methoxy groups -OCH3 is 1. The third-order valence-electron chi connectivity index (χ3n) is 3.57. The minimum Gasteiger partial charge on any atom is -0.497 e. The minimum absolute atomic E-state index is 0.0507. The van der Waals surface area contributed by atoms with Crippen molar-refractivity contribution >= 4 is 5.91 Å². The number of ether oxygens (including phenoxy) is 2. The van der Waals surface area contributed by atoms with E-state index < -0.39 is 0 Å². The van der Waals surface area contributed by atoms with Gasteiger partial charge in [-0.2, -0.15) is 0 Å². The molecule has 1 N–H and O–H groups in total. The summed E-state index contributed by atoms with van der Waals surface area (Å²) in [7, 11) is 1.64. The maximum atomic E-state index is 12.1. The number of nitrogens with one attached hydrogen (secondary N) is 1. The third-order valence-corrected chi connectivity index (χ3v) is 3.57. The van der Waals surface area contributed by atoms with E-state index in [0.717, 1.165) is 24.4 Å². The number of rotatable bonds is 5. The molecule has 1 aromatic carbocycles.